The van der Waals surface area contributed by atoms with Gasteiger partial charge in [-0.25, -0.2) is 19.3 Å². The molecule has 0 atom stereocenters. The first-order chi connectivity index (χ1) is 20.0. The lowest BCUT2D eigenvalue weighted by molar-refractivity contribution is 0.274. The van der Waals surface area contributed by atoms with E-state index in [0.29, 0.717) is 41.2 Å². The van der Waals surface area contributed by atoms with Crippen LogP contribution >= 0.6 is 0 Å². The molecule has 1 aliphatic carbocycles. The van der Waals surface area contributed by atoms with Crippen LogP contribution in [-0.2, 0) is 19.6 Å². The summed E-state index contributed by atoms with van der Waals surface area (Å²) in [4.78, 5) is 17.8. The van der Waals surface area contributed by atoms with Gasteiger partial charge < -0.3 is 14.0 Å². The van der Waals surface area contributed by atoms with Crippen LogP contribution in [0.15, 0.2) is 67.0 Å². The molecule has 0 aliphatic heterocycles. The fourth-order valence-electron chi connectivity index (χ4n) is 4.85. The molecule has 3 aromatic heterocycles. The van der Waals surface area contributed by atoms with Gasteiger partial charge in [-0.1, -0.05) is 12.1 Å². The normalized spacial score (nSPS) is 13.6. The molecule has 206 valence electrons. The Balaban J connectivity index is 1.21. The molecule has 10 heteroatoms. The maximum Gasteiger partial charge on any atom is 0.317 e. The van der Waals surface area contributed by atoms with Crippen LogP contribution in [0.1, 0.15) is 35.4 Å². The monoisotopic (exact) mass is 552 g/mol. The first-order valence-electron chi connectivity index (χ1n) is 13.2. The highest BCUT2D eigenvalue weighted by atomic mass is 19.1. The van der Waals surface area contributed by atoms with Crippen LogP contribution in [0.2, 0.25) is 0 Å². The van der Waals surface area contributed by atoms with Crippen molar-refractivity contribution in [1.29, 1.82) is 5.26 Å². The van der Waals surface area contributed by atoms with Gasteiger partial charge in [0.1, 0.15) is 29.5 Å². The van der Waals surface area contributed by atoms with E-state index in [1.807, 2.05) is 22.8 Å². The minimum absolute atomic E-state index is 0.0838. The van der Waals surface area contributed by atoms with Crippen molar-refractivity contribution in [3.8, 4) is 29.1 Å². The Morgan fingerprint density at radius 3 is 2.68 bits per heavy atom. The van der Waals surface area contributed by atoms with E-state index < -0.39 is 5.82 Å². The van der Waals surface area contributed by atoms with Gasteiger partial charge in [-0.15, -0.1) is 0 Å². The highest BCUT2D eigenvalue weighted by molar-refractivity contribution is 5.71. The number of nitriles is 1. The third kappa shape index (κ3) is 5.43. The van der Waals surface area contributed by atoms with Crippen molar-refractivity contribution in [3.05, 3.63) is 95.3 Å². The number of pyridine rings is 1. The van der Waals surface area contributed by atoms with E-state index in [9.17, 15) is 4.39 Å². The average Bonchev–Trinajstić information content (AvgIpc) is 3.71. The van der Waals surface area contributed by atoms with Crippen LogP contribution in [0.5, 0.6) is 11.8 Å². The van der Waals surface area contributed by atoms with Crippen LogP contribution in [0.3, 0.4) is 0 Å². The maximum atomic E-state index is 15.4. The van der Waals surface area contributed by atoms with Crippen molar-refractivity contribution in [1.82, 2.24) is 24.5 Å². The van der Waals surface area contributed by atoms with Crippen molar-refractivity contribution < 1.29 is 18.3 Å². The van der Waals surface area contributed by atoms with E-state index in [1.165, 1.54) is 19.4 Å². The zero-order chi connectivity index (χ0) is 28.4. The van der Waals surface area contributed by atoms with Gasteiger partial charge in [0.25, 0.3) is 0 Å². The molecule has 0 spiro atoms. The molecule has 5 aromatic rings. The second-order valence-electron chi connectivity index (χ2n) is 10.2. The molecule has 0 bridgehead atoms. The van der Waals surface area contributed by atoms with Crippen LogP contribution < -0.4 is 9.47 Å². The molecule has 1 saturated carbocycles. The van der Waals surface area contributed by atoms with Crippen LogP contribution in [-0.4, -0.2) is 38.3 Å². The number of hydrogen-bond donors (Lipinski definition) is 0. The van der Waals surface area contributed by atoms with Crippen molar-refractivity contribution in [2.24, 2.45) is 5.41 Å². The number of imidazole rings is 1. The lowest BCUT2D eigenvalue weighted by Crippen LogP contribution is -2.16. The Bertz CT molecular complexity index is 1780. The second-order valence-corrected chi connectivity index (χ2v) is 10.2. The van der Waals surface area contributed by atoms with Gasteiger partial charge in [0.15, 0.2) is 5.65 Å². The molecule has 0 N–H and O–H groups in total. The smallest absolute Gasteiger partial charge is 0.317 e. The van der Waals surface area contributed by atoms with Gasteiger partial charge in [-0.3, -0.25) is 4.39 Å². The molecule has 0 unspecified atom stereocenters. The number of aromatic nitrogens is 5. The molecule has 41 heavy (non-hydrogen) atoms. The summed E-state index contributed by atoms with van der Waals surface area (Å²) in [6.07, 6.45) is 5.26. The molecule has 1 fully saturated rings. The van der Waals surface area contributed by atoms with Gasteiger partial charge in [-0.05, 0) is 60.9 Å². The Kier molecular flexibility index (Phi) is 7.01. The highest BCUT2D eigenvalue weighted by Crippen LogP contribution is 2.48. The third-order valence-corrected chi connectivity index (χ3v) is 7.40. The minimum atomic E-state index is -0.441. The first kappa shape index (κ1) is 26.3. The first-order valence-corrected chi connectivity index (χ1v) is 13.2. The Morgan fingerprint density at radius 2 is 1.93 bits per heavy atom. The standard InChI is InChI=1S/C31H26F2N6O2/c1-40-27-14-21(16-34)4-6-22(27)17-41-30-36-12-8-25(38-30)23-7-5-20(13-24(23)33)15-28-37-26-3-2-11-35-29(26)39(28)19-31(18-32)9-10-31/h2-8,11-14H,9-10,15,17-19H2,1H3. The van der Waals surface area contributed by atoms with Crippen molar-refractivity contribution >= 4 is 11.2 Å². The predicted octanol–water partition coefficient (Wildman–Crippen LogP) is 5.83. The molecule has 3 heterocycles. The van der Waals surface area contributed by atoms with Gasteiger partial charge >= 0.3 is 6.01 Å². The molecule has 2 aromatic carbocycles. The summed E-state index contributed by atoms with van der Waals surface area (Å²) < 4.78 is 42.2. The van der Waals surface area contributed by atoms with E-state index >= 15 is 4.39 Å². The Labute approximate surface area is 235 Å². The summed E-state index contributed by atoms with van der Waals surface area (Å²) in [7, 11) is 1.52. The van der Waals surface area contributed by atoms with Crippen LogP contribution in [0, 0.1) is 22.6 Å². The summed E-state index contributed by atoms with van der Waals surface area (Å²) in [5, 5.41) is 9.10. The van der Waals surface area contributed by atoms with Gasteiger partial charge in [-0.2, -0.15) is 10.2 Å². The predicted molar refractivity (Wildman–Crippen MR) is 147 cm³/mol. The summed E-state index contributed by atoms with van der Waals surface area (Å²) in [5.41, 5.74) is 3.70. The van der Waals surface area contributed by atoms with Gasteiger partial charge in [0.05, 0.1) is 31.1 Å². The molecule has 1 aliphatic rings. The molecular formula is C31H26F2N6O2. The van der Waals surface area contributed by atoms with Crippen molar-refractivity contribution in [2.45, 2.75) is 32.4 Å². The number of hydrogen-bond acceptors (Lipinski definition) is 7. The number of methoxy groups -OCH3 is 1. The number of benzene rings is 2. The van der Waals surface area contributed by atoms with Crippen LogP contribution in [0.25, 0.3) is 22.4 Å². The molecule has 0 amide bonds. The quantitative estimate of drug-likeness (QED) is 0.215. The summed E-state index contributed by atoms with van der Waals surface area (Å²) in [6, 6.07) is 17.5. The summed E-state index contributed by atoms with van der Waals surface area (Å²) in [5.74, 6) is 0.800. The van der Waals surface area contributed by atoms with Crippen LogP contribution in [0.4, 0.5) is 8.78 Å². The minimum Gasteiger partial charge on any atom is -0.496 e. The number of nitrogens with zero attached hydrogens (tertiary/aromatic N) is 6. The number of rotatable bonds is 10. The fraction of sp³-hybridized carbons (Fsp3) is 0.258. The van der Waals surface area contributed by atoms with E-state index in [-0.39, 0.29) is 24.7 Å². The topological polar surface area (TPSA) is 98.7 Å². The van der Waals surface area contributed by atoms with E-state index in [2.05, 4.69) is 21.0 Å². The summed E-state index contributed by atoms with van der Waals surface area (Å²) in [6.45, 7) is 0.234. The molecule has 0 radical (unpaired) electrons. The zero-order valence-corrected chi connectivity index (χ0v) is 22.3. The van der Waals surface area contributed by atoms with E-state index in [4.69, 9.17) is 19.7 Å². The largest absolute Gasteiger partial charge is 0.496 e. The molecule has 6 rings (SSSR count). The maximum absolute atomic E-state index is 15.4. The Hall–Kier alpha value is -4.91. The Morgan fingerprint density at radius 1 is 1.05 bits per heavy atom. The fourth-order valence-corrected chi connectivity index (χ4v) is 4.85. The molecule has 8 nitrogen and oxygen atoms in total. The summed E-state index contributed by atoms with van der Waals surface area (Å²) >= 11 is 0. The lowest BCUT2D eigenvalue weighted by atomic mass is 10.1. The van der Waals surface area contributed by atoms with E-state index in [0.717, 1.165) is 35.3 Å². The second kappa shape index (κ2) is 10.9. The van der Waals surface area contributed by atoms with Crippen molar-refractivity contribution in [2.75, 3.05) is 13.8 Å². The third-order valence-electron chi connectivity index (χ3n) is 7.40. The zero-order valence-electron chi connectivity index (χ0n) is 22.3. The number of fused-ring (bicyclic) bond motifs is 1. The lowest BCUT2D eigenvalue weighted by Gasteiger charge is -2.15. The van der Waals surface area contributed by atoms with Gasteiger partial charge in [0.2, 0.25) is 0 Å². The average molecular weight is 553 g/mol. The number of ether oxygens (including phenoxy) is 2. The van der Waals surface area contributed by atoms with Gasteiger partial charge in [0, 0.05) is 41.9 Å². The molecular weight excluding hydrogens is 526 g/mol. The highest BCUT2D eigenvalue weighted by Gasteiger charge is 2.44. The number of halogens is 2. The van der Waals surface area contributed by atoms with E-state index in [1.54, 1.807) is 36.5 Å². The molecule has 0 saturated heterocycles. The SMILES string of the molecule is COc1cc(C#N)ccc1COc1nccc(-c2ccc(Cc3nc4cccnc4n3CC3(CF)CC3)cc2F)n1. The number of alkyl halides is 1. The van der Waals surface area contributed by atoms with Crippen molar-refractivity contribution in [3.63, 3.8) is 0 Å².